The van der Waals surface area contributed by atoms with E-state index in [9.17, 15) is 25.9 Å². The van der Waals surface area contributed by atoms with Gasteiger partial charge in [-0.3, -0.25) is 9.11 Å². The number of aryl methyl sites for hydroxylation is 1. The van der Waals surface area contributed by atoms with Crippen molar-refractivity contribution in [3.8, 4) is 11.5 Å². The fourth-order valence-corrected chi connectivity index (χ4v) is 5.31. The van der Waals surface area contributed by atoms with Crippen LogP contribution in [0.15, 0.2) is 52.3 Å². The van der Waals surface area contributed by atoms with Crippen LogP contribution in [0.3, 0.4) is 0 Å². The molecule has 0 heterocycles. The average Bonchev–Trinajstić information content (AvgIpc) is 2.69. The van der Waals surface area contributed by atoms with Crippen LogP contribution in [0.4, 0.5) is 0 Å². The standard InChI is InChI=1S/C22H30O7S2.H3N/c1-2-3-4-5-6-7-8-9-13-18-14-10-11-15-19(18)29-20-16-12-17-21(30(23,24)25)22(20)31(26,27)28;/h10-12,14-17H,2-9,13H2,1H3,(H,23,24,25)(H,26,27,28);1H3. The van der Waals surface area contributed by atoms with Crippen molar-refractivity contribution < 1.29 is 30.7 Å². The van der Waals surface area contributed by atoms with Crippen LogP contribution in [-0.4, -0.2) is 25.9 Å². The van der Waals surface area contributed by atoms with E-state index in [1.165, 1.54) is 44.2 Å². The first-order valence-corrected chi connectivity index (χ1v) is 13.4. The zero-order valence-electron chi connectivity index (χ0n) is 18.4. The van der Waals surface area contributed by atoms with Gasteiger partial charge in [0.15, 0.2) is 4.90 Å². The maximum atomic E-state index is 11.8. The van der Waals surface area contributed by atoms with E-state index >= 15 is 0 Å². The molecule has 0 aliphatic heterocycles. The molecule has 0 aromatic heterocycles. The quantitative estimate of drug-likeness (QED) is 0.236. The maximum absolute atomic E-state index is 11.8. The number of ether oxygens (including phenoxy) is 1. The summed E-state index contributed by atoms with van der Waals surface area (Å²) in [5.74, 6) is -0.0103. The molecule has 0 saturated carbocycles. The number of rotatable bonds is 13. The first-order valence-electron chi connectivity index (χ1n) is 10.5. The molecule has 0 radical (unpaired) electrons. The zero-order chi connectivity index (χ0) is 22.9. The summed E-state index contributed by atoms with van der Waals surface area (Å²) in [4.78, 5) is -1.92. The van der Waals surface area contributed by atoms with Crippen molar-refractivity contribution in [1.29, 1.82) is 0 Å². The van der Waals surface area contributed by atoms with Crippen molar-refractivity contribution >= 4 is 20.2 Å². The average molecular weight is 488 g/mol. The summed E-state index contributed by atoms with van der Waals surface area (Å²) in [5.41, 5.74) is 0.840. The Morgan fingerprint density at radius 2 is 1.28 bits per heavy atom. The van der Waals surface area contributed by atoms with Crippen molar-refractivity contribution in [3.63, 3.8) is 0 Å². The van der Waals surface area contributed by atoms with E-state index in [0.29, 0.717) is 12.2 Å². The van der Waals surface area contributed by atoms with Crippen LogP contribution >= 0.6 is 0 Å². The molecule has 0 atom stereocenters. The van der Waals surface area contributed by atoms with E-state index < -0.39 is 30.0 Å². The van der Waals surface area contributed by atoms with Gasteiger partial charge in [0.25, 0.3) is 20.2 Å². The Kier molecular flexibility index (Phi) is 11.3. The number of hydrogen-bond acceptors (Lipinski definition) is 6. The van der Waals surface area contributed by atoms with Gasteiger partial charge in [0.2, 0.25) is 0 Å². The van der Waals surface area contributed by atoms with Gasteiger partial charge in [-0.15, -0.1) is 0 Å². The molecule has 8 nitrogen and oxygen atoms in total. The lowest BCUT2D eigenvalue weighted by Crippen LogP contribution is -2.10. The van der Waals surface area contributed by atoms with Crippen molar-refractivity contribution in [2.75, 3.05) is 0 Å². The highest BCUT2D eigenvalue weighted by molar-refractivity contribution is 7.89. The Balaban J connectivity index is 0.00000512. The normalized spacial score (nSPS) is 11.7. The Labute approximate surface area is 191 Å². The summed E-state index contributed by atoms with van der Waals surface area (Å²) >= 11 is 0. The molecule has 0 amide bonds. The molecule has 0 bridgehead atoms. The lowest BCUT2D eigenvalue weighted by atomic mass is 10.0. The highest BCUT2D eigenvalue weighted by Crippen LogP contribution is 2.35. The number of unbranched alkanes of at least 4 members (excludes halogenated alkanes) is 7. The minimum atomic E-state index is -4.98. The van der Waals surface area contributed by atoms with Crippen LogP contribution < -0.4 is 10.9 Å². The largest absolute Gasteiger partial charge is 0.456 e. The summed E-state index contributed by atoms with van der Waals surface area (Å²) in [6, 6.07) is 10.4. The molecular weight excluding hydrogens is 454 g/mol. The van der Waals surface area contributed by atoms with Gasteiger partial charge in [-0.25, -0.2) is 0 Å². The molecule has 180 valence electrons. The number of para-hydroxylation sites is 1. The minimum absolute atomic E-state index is 0. The van der Waals surface area contributed by atoms with Crippen LogP contribution in [0.1, 0.15) is 63.9 Å². The molecule has 0 aliphatic carbocycles. The monoisotopic (exact) mass is 487 g/mol. The molecule has 5 N–H and O–H groups in total. The van der Waals surface area contributed by atoms with E-state index in [1.54, 1.807) is 12.1 Å². The Morgan fingerprint density at radius 1 is 0.719 bits per heavy atom. The van der Waals surface area contributed by atoms with Crippen LogP contribution in [0, 0.1) is 0 Å². The zero-order valence-corrected chi connectivity index (χ0v) is 20.0. The van der Waals surface area contributed by atoms with Crippen LogP contribution in [0.2, 0.25) is 0 Å². The SMILES string of the molecule is CCCCCCCCCCc1ccccc1Oc1cccc(S(=O)(=O)O)c1S(=O)(=O)O.N. The molecule has 0 fully saturated rings. The first kappa shape index (κ1) is 28.1. The third-order valence-electron chi connectivity index (χ3n) is 4.97. The van der Waals surface area contributed by atoms with Gasteiger partial charge < -0.3 is 10.9 Å². The fraction of sp³-hybridized carbons (Fsp3) is 0.455. The molecule has 0 unspecified atom stereocenters. The van der Waals surface area contributed by atoms with Crippen molar-refractivity contribution in [3.05, 3.63) is 48.0 Å². The van der Waals surface area contributed by atoms with Crippen molar-refractivity contribution in [2.45, 2.75) is 74.5 Å². The van der Waals surface area contributed by atoms with E-state index in [-0.39, 0.29) is 11.9 Å². The second-order valence-electron chi connectivity index (χ2n) is 7.47. The van der Waals surface area contributed by atoms with Gasteiger partial charge in [0.05, 0.1) is 0 Å². The molecule has 2 rings (SSSR count). The lowest BCUT2D eigenvalue weighted by molar-refractivity contribution is 0.433. The maximum Gasteiger partial charge on any atom is 0.299 e. The van der Waals surface area contributed by atoms with E-state index in [1.807, 2.05) is 12.1 Å². The van der Waals surface area contributed by atoms with Gasteiger partial charge in [-0.2, -0.15) is 16.8 Å². The third kappa shape index (κ3) is 8.51. The molecule has 0 aliphatic rings. The van der Waals surface area contributed by atoms with E-state index in [2.05, 4.69) is 6.92 Å². The molecule has 2 aromatic carbocycles. The first-order chi connectivity index (χ1) is 14.6. The number of benzene rings is 2. The minimum Gasteiger partial charge on any atom is -0.456 e. The van der Waals surface area contributed by atoms with Crippen LogP contribution in [-0.2, 0) is 26.7 Å². The van der Waals surface area contributed by atoms with Gasteiger partial charge >= 0.3 is 0 Å². The van der Waals surface area contributed by atoms with Gasteiger partial charge in [-0.05, 0) is 36.6 Å². The molecule has 10 heteroatoms. The molecule has 0 spiro atoms. The molecule has 2 aromatic rings. The van der Waals surface area contributed by atoms with E-state index in [4.69, 9.17) is 4.74 Å². The summed E-state index contributed by atoms with van der Waals surface area (Å²) in [6.45, 7) is 2.19. The smallest absolute Gasteiger partial charge is 0.299 e. The third-order valence-corrected chi connectivity index (χ3v) is 6.93. The Morgan fingerprint density at radius 3 is 1.88 bits per heavy atom. The fourth-order valence-electron chi connectivity index (χ4n) is 3.41. The second kappa shape index (κ2) is 12.9. The summed E-state index contributed by atoms with van der Waals surface area (Å²) in [7, 11) is -9.87. The molecule has 32 heavy (non-hydrogen) atoms. The summed E-state index contributed by atoms with van der Waals surface area (Å²) < 4.78 is 71.5. The second-order valence-corrected chi connectivity index (χ2v) is 10.2. The summed E-state index contributed by atoms with van der Waals surface area (Å²) in [5, 5.41) is 0. The van der Waals surface area contributed by atoms with Gasteiger partial charge in [-0.1, -0.05) is 76.1 Å². The Bertz CT molecular complexity index is 1070. The predicted molar refractivity (Wildman–Crippen MR) is 124 cm³/mol. The van der Waals surface area contributed by atoms with Crippen molar-refractivity contribution in [1.82, 2.24) is 6.15 Å². The Hall–Kier alpha value is -1.98. The van der Waals surface area contributed by atoms with Gasteiger partial charge in [0, 0.05) is 0 Å². The number of hydrogen-bond donors (Lipinski definition) is 3. The molecular formula is C22H33NO7S2. The predicted octanol–water partition coefficient (Wildman–Crippen LogP) is 5.82. The lowest BCUT2D eigenvalue weighted by Gasteiger charge is -2.14. The highest BCUT2D eigenvalue weighted by atomic mass is 32.2. The van der Waals surface area contributed by atoms with Crippen molar-refractivity contribution in [2.24, 2.45) is 0 Å². The van der Waals surface area contributed by atoms with Crippen LogP contribution in [0.5, 0.6) is 11.5 Å². The van der Waals surface area contributed by atoms with E-state index in [0.717, 1.165) is 30.9 Å². The van der Waals surface area contributed by atoms with Gasteiger partial charge in [0.1, 0.15) is 16.4 Å². The highest BCUT2D eigenvalue weighted by Gasteiger charge is 2.28. The topological polar surface area (TPSA) is 153 Å². The van der Waals surface area contributed by atoms with Crippen LogP contribution in [0.25, 0.3) is 0 Å². The molecule has 0 saturated heterocycles. The summed E-state index contributed by atoms with van der Waals surface area (Å²) in [6.07, 6.45) is 10.1.